The first kappa shape index (κ1) is 26.0. The summed E-state index contributed by atoms with van der Waals surface area (Å²) < 4.78 is 5.58. The van der Waals surface area contributed by atoms with E-state index in [1.807, 2.05) is 54.0 Å². The molecule has 0 saturated carbocycles. The van der Waals surface area contributed by atoms with Gasteiger partial charge in [-0.25, -0.2) is 4.79 Å². The van der Waals surface area contributed by atoms with E-state index in [1.165, 1.54) is 16.7 Å². The molecular weight excluding hydrogens is 448 g/mol. The van der Waals surface area contributed by atoms with Crippen LogP contribution in [0.25, 0.3) is 5.57 Å². The molecule has 0 aromatic heterocycles. The number of likely N-dealkylation sites (tertiary alicyclic amines) is 1. The maximum atomic E-state index is 12.7. The summed E-state index contributed by atoms with van der Waals surface area (Å²) >= 11 is 0. The van der Waals surface area contributed by atoms with E-state index in [4.69, 9.17) is 4.74 Å². The van der Waals surface area contributed by atoms with Crippen LogP contribution in [0.4, 0.5) is 4.79 Å². The fraction of sp³-hybridized carbons (Fsp3) is 0.484. The molecule has 36 heavy (non-hydrogen) atoms. The molecule has 2 aromatic rings. The highest BCUT2D eigenvalue weighted by molar-refractivity contribution is 5.76. The molecule has 0 N–H and O–H groups in total. The highest BCUT2D eigenvalue weighted by Gasteiger charge is 2.38. The summed E-state index contributed by atoms with van der Waals surface area (Å²) in [4.78, 5) is 28.8. The number of ether oxygens (including phenoxy) is 1. The number of rotatable bonds is 9. The van der Waals surface area contributed by atoms with Gasteiger partial charge in [0, 0.05) is 32.6 Å². The summed E-state index contributed by atoms with van der Waals surface area (Å²) in [7, 11) is 0. The van der Waals surface area contributed by atoms with Crippen LogP contribution in [0.5, 0.6) is 0 Å². The topological polar surface area (TPSA) is 49.9 Å². The van der Waals surface area contributed by atoms with Crippen LogP contribution in [-0.4, -0.2) is 48.0 Å². The van der Waals surface area contributed by atoms with Gasteiger partial charge in [-0.3, -0.25) is 4.79 Å². The number of hydrogen-bond donors (Lipinski definition) is 0. The van der Waals surface area contributed by atoms with Crippen LogP contribution in [0.3, 0.4) is 0 Å². The molecule has 1 aliphatic heterocycles. The highest BCUT2D eigenvalue weighted by Crippen LogP contribution is 2.45. The van der Waals surface area contributed by atoms with Crippen molar-refractivity contribution in [1.29, 1.82) is 0 Å². The van der Waals surface area contributed by atoms with E-state index in [9.17, 15) is 9.59 Å². The van der Waals surface area contributed by atoms with Crippen LogP contribution in [0.2, 0.25) is 0 Å². The third kappa shape index (κ3) is 6.37. The molecule has 2 aromatic carbocycles. The van der Waals surface area contributed by atoms with Gasteiger partial charge < -0.3 is 14.5 Å². The van der Waals surface area contributed by atoms with Crippen molar-refractivity contribution in [2.45, 2.75) is 65.4 Å². The van der Waals surface area contributed by atoms with Crippen LogP contribution in [0.15, 0.2) is 60.7 Å². The molecular formula is C31H40N2O3. The predicted octanol–water partition coefficient (Wildman–Crippen LogP) is 6.47. The zero-order valence-corrected chi connectivity index (χ0v) is 21.9. The summed E-state index contributed by atoms with van der Waals surface area (Å²) in [6.45, 7) is 7.41. The second-order valence-electron chi connectivity index (χ2n) is 10.2. The van der Waals surface area contributed by atoms with Crippen LogP contribution < -0.4 is 0 Å². The molecule has 4 rings (SSSR count). The van der Waals surface area contributed by atoms with Gasteiger partial charge >= 0.3 is 6.09 Å². The Hall–Kier alpha value is -3.08. The number of allylic oxidation sites excluding steroid dienone is 2. The Labute approximate surface area is 216 Å². The average Bonchev–Trinajstić information content (AvgIpc) is 2.91. The molecule has 1 heterocycles. The Balaban J connectivity index is 1.35. The van der Waals surface area contributed by atoms with Gasteiger partial charge in [0.25, 0.3) is 0 Å². The first-order valence-electron chi connectivity index (χ1n) is 13.6. The van der Waals surface area contributed by atoms with E-state index in [0.29, 0.717) is 13.0 Å². The summed E-state index contributed by atoms with van der Waals surface area (Å²) in [5.74, 6) is 0.265. The smallest absolute Gasteiger partial charge is 0.410 e. The highest BCUT2D eigenvalue weighted by atomic mass is 16.6. The fourth-order valence-corrected chi connectivity index (χ4v) is 5.66. The van der Waals surface area contributed by atoms with Crippen molar-refractivity contribution in [3.8, 4) is 0 Å². The van der Waals surface area contributed by atoms with Gasteiger partial charge in [0.1, 0.15) is 6.61 Å². The third-order valence-electron chi connectivity index (χ3n) is 7.81. The van der Waals surface area contributed by atoms with E-state index < -0.39 is 0 Å². The predicted molar refractivity (Wildman–Crippen MR) is 144 cm³/mol. The maximum Gasteiger partial charge on any atom is 0.410 e. The number of benzene rings is 2. The molecule has 192 valence electrons. The van der Waals surface area contributed by atoms with Crippen molar-refractivity contribution in [1.82, 2.24) is 9.80 Å². The van der Waals surface area contributed by atoms with Crippen molar-refractivity contribution < 1.29 is 14.3 Å². The number of hydrogen-bond acceptors (Lipinski definition) is 3. The number of carbonyl (C=O) groups is 2. The fourth-order valence-electron chi connectivity index (χ4n) is 5.66. The first-order valence-corrected chi connectivity index (χ1v) is 13.6. The van der Waals surface area contributed by atoms with Crippen molar-refractivity contribution in [3.05, 3.63) is 77.4 Å². The third-order valence-corrected chi connectivity index (χ3v) is 7.81. The number of nitrogens with zero attached hydrogens (tertiary/aromatic N) is 2. The molecule has 5 heteroatoms. The van der Waals surface area contributed by atoms with E-state index in [-0.39, 0.29) is 17.4 Å². The standard InChI is InChI=1S/C31H40N2O3/c1-3-32(4-2)29(34)17-11-9-15-27-23-31(22-26-14-8-10-16-28(26)27)18-20-33(21-19-31)30(35)36-24-25-12-6-5-7-13-25/h5-8,10,12-14,16,23H,3-4,9,11,15,17-22,24H2,1-2H3. The van der Waals surface area contributed by atoms with Gasteiger partial charge in [0.15, 0.2) is 0 Å². The van der Waals surface area contributed by atoms with Gasteiger partial charge in [-0.1, -0.05) is 60.7 Å². The number of unbranched alkanes of at least 4 members (excludes halogenated alkanes) is 1. The zero-order chi connectivity index (χ0) is 25.4. The molecule has 1 saturated heterocycles. The zero-order valence-electron chi connectivity index (χ0n) is 21.9. The number of amides is 2. The second kappa shape index (κ2) is 12.2. The SMILES string of the molecule is CCN(CC)C(=O)CCCCC1=CC2(CCN(C(=O)OCc3ccccc3)CC2)Cc2ccccc21. The van der Waals surface area contributed by atoms with Crippen molar-refractivity contribution >= 4 is 17.6 Å². The summed E-state index contributed by atoms with van der Waals surface area (Å²) in [6.07, 6.45) is 8.77. The molecule has 1 fully saturated rings. The van der Waals surface area contributed by atoms with Gasteiger partial charge in [-0.2, -0.15) is 0 Å². The molecule has 1 aliphatic carbocycles. The minimum Gasteiger partial charge on any atom is -0.445 e. The minimum atomic E-state index is -0.216. The van der Waals surface area contributed by atoms with Crippen LogP contribution in [-0.2, 0) is 22.6 Å². The molecule has 5 nitrogen and oxygen atoms in total. The Bertz CT molecular complexity index is 1050. The van der Waals surface area contributed by atoms with Gasteiger partial charge in [0.2, 0.25) is 5.91 Å². The van der Waals surface area contributed by atoms with Gasteiger partial charge in [-0.15, -0.1) is 0 Å². The lowest BCUT2D eigenvalue weighted by molar-refractivity contribution is -0.130. The molecule has 0 bridgehead atoms. The largest absolute Gasteiger partial charge is 0.445 e. The van der Waals surface area contributed by atoms with E-state index in [1.54, 1.807) is 0 Å². The monoisotopic (exact) mass is 488 g/mol. The summed E-state index contributed by atoms with van der Waals surface area (Å²) in [5.41, 5.74) is 5.29. The van der Waals surface area contributed by atoms with Crippen molar-refractivity contribution in [2.24, 2.45) is 5.41 Å². The van der Waals surface area contributed by atoms with E-state index >= 15 is 0 Å². The molecule has 2 amide bonds. The number of fused-ring (bicyclic) bond motifs is 1. The Kier molecular flexibility index (Phi) is 8.84. The molecule has 1 spiro atoms. The maximum absolute atomic E-state index is 12.7. The van der Waals surface area contributed by atoms with E-state index in [0.717, 1.165) is 70.3 Å². The minimum absolute atomic E-state index is 0.0942. The van der Waals surface area contributed by atoms with Gasteiger partial charge in [-0.05, 0) is 80.1 Å². The summed E-state index contributed by atoms with van der Waals surface area (Å²) in [6, 6.07) is 18.6. The van der Waals surface area contributed by atoms with E-state index in [2.05, 4.69) is 30.3 Å². The van der Waals surface area contributed by atoms with Crippen LogP contribution in [0, 0.1) is 5.41 Å². The second-order valence-corrected chi connectivity index (χ2v) is 10.2. The Morgan fingerprint density at radius 2 is 1.64 bits per heavy atom. The lowest BCUT2D eigenvalue weighted by atomic mass is 9.67. The summed E-state index contributed by atoms with van der Waals surface area (Å²) in [5, 5.41) is 0. The van der Waals surface area contributed by atoms with Crippen LogP contribution >= 0.6 is 0 Å². The molecule has 0 atom stereocenters. The molecule has 0 radical (unpaired) electrons. The molecule has 2 aliphatic rings. The van der Waals surface area contributed by atoms with Gasteiger partial charge in [0.05, 0.1) is 0 Å². The Morgan fingerprint density at radius 3 is 2.36 bits per heavy atom. The lowest BCUT2D eigenvalue weighted by Crippen LogP contribution is -2.44. The normalized spacial score (nSPS) is 16.3. The number of carbonyl (C=O) groups excluding carboxylic acids is 2. The quantitative estimate of drug-likeness (QED) is 0.380. The lowest BCUT2D eigenvalue weighted by Gasteiger charge is -2.43. The average molecular weight is 489 g/mol. The van der Waals surface area contributed by atoms with Crippen LogP contribution in [0.1, 0.15) is 69.1 Å². The first-order chi connectivity index (χ1) is 17.5. The number of piperidine rings is 1. The van der Waals surface area contributed by atoms with Crippen molar-refractivity contribution in [3.63, 3.8) is 0 Å². The Morgan fingerprint density at radius 1 is 0.944 bits per heavy atom. The molecule has 0 unspecified atom stereocenters. The van der Waals surface area contributed by atoms with Crippen molar-refractivity contribution in [2.75, 3.05) is 26.2 Å².